The molecule has 86 valence electrons. The van der Waals surface area contributed by atoms with Gasteiger partial charge in [-0.15, -0.1) is 10.2 Å². The Morgan fingerprint density at radius 2 is 2.20 bits per heavy atom. The van der Waals surface area contributed by atoms with Gasteiger partial charge in [-0.25, -0.2) is 0 Å². The molecule has 0 bridgehead atoms. The highest BCUT2D eigenvalue weighted by molar-refractivity contribution is 7.15. The van der Waals surface area contributed by atoms with Crippen LogP contribution in [0.3, 0.4) is 0 Å². The normalized spacial score (nSPS) is 11.5. The van der Waals surface area contributed by atoms with E-state index in [-0.39, 0.29) is 0 Å². The molecule has 0 aliphatic carbocycles. The molecular weight excluding hydrogens is 212 g/mol. The molecule has 0 aliphatic rings. The van der Waals surface area contributed by atoms with Gasteiger partial charge in [-0.2, -0.15) is 0 Å². The van der Waals surface area contributed by atoms with Crippen LogP contribution in [0.15, 0.2) is 0 Å². The van der Waals surface area contributed by atoms with E-state index >= 15 is 0 Å². The van der Waals surface area contributed by atoms with Crippen molar-refractivity contribution in [1.82, 2.24) is 15.1 Å². The number of nitrogen functional groups attached to an aromatic ring is 1. The number of hydrogen-bond acceptors (Lipinski definition) is 6. The number of methoxy groups -OCH3 is 1. The Labute approximate surface area is 94.2 Å². The van der Waals surface area contributed by atoms with Crippen LogP contribution in [0, 0.1) is 0 Å². The fraction of sp³-hybridized carbons (Fsp3) is 0.778. The van der Waals surface area contributed by atoms with Crippen molar-refractivity contribution < 1.29 is 4.74 Å². The second kappa shape index (κ2) is 5.99. The van der Waals surface area contributed by atoms with Crippen molar-refractivity contribution in [1.29, 1.82) is 0 Å². The lowest BCUT2D eigenvalue weighted by Crippen LogP contribution is -2.33. The third-order valence-corrected chi connectivity index (χ3v) is 2.87. The largest absolute Gasteiger partial charge is 0.383 e. The molecule has 6 heteroatoms. The molecule has 0 saturated heterocycles. The minimum absolute atomic E-state index is 0.463. The molecule has 0 aliphatic heterocycles. The summed E-state index contributed by atoms with van der Waals surface area (Å²) in [6.07, 6.45) is 0. The second-order valence-corrected chi connectivity index (χ2v) is 4.68. The fourth-order valence-corrected chi connectivity index (χ4v) is 1.87. The zero-order valence-corrected chi connectivity index (χ0v) is 10.3. The van der Waals surface area contributed by atoms with Crippen molar-refractivity contribution in [2.75, 3.05) is 26.0 Å². The van der Waals surface area contributed by atoms with Crippen LogP contribution in [0.2, 0.25) is 0 Å². The number of ether oxygens (including phenoxy) is 1. The second-order valence-electron chi connectivity index (χ2n) is 3.59. The zero-order chi connectivity index (χ0) is 11.3. The Bertz CT molecular complexity index is 289. The van der Waals surface area contributed by atoms with Gasteiger partial charge in [-0.1, -0.05) is 11.3 Å². The average molecular weight is 230 g/mol. The van der Waals surface area contributed by atoms with E-state index in [0.717, 1.165) is 24.7 Å². The number of aromatic nitrogens is 2. The van der Waals surface area contributed by atoms with Crippen LogP contribution in [0.1, 0.15) is 18.9 Å². The van der Waals surface area contributed by atoms with Gasteiger partial charge in [0.2, 0.25) is 5.13 Å². The third kappa shape index (κ3) is 4.11. The highest BCUT2D eigenvalue weighted by Crippen LogP contribution is 2.14. The van der Waals surface area contributed by atoms with E-state index in [0.29, 0.717) is 11.2 Å². The van der Waals surface area contributed by atoms with Gasteiger partial charge in [-0.3, -0.25) is 4.90 Å². The molecule has 0 aromatic carbocycles. The first-order valence-electron chi connectivity index (χ1n) is 4.94. The van der Waals surface area contributed by atoms with Gasteiger partial charge < -0.3 is 10.5 Å². The van der Waals surface area contributed by atoms with Crippen LogP contribution >= 0.6 is 11.3 Å². The van der Waals surface area contributed by atoms with Gasteiger partial charge in [0.05, 0.1) is 13.2 Å². The SMILES string of the molecule is COCCN(Cc1nnc(N)s1)C(C)C. The Hall–Kier alpha value is -0.720. The Morgan fingerprint density at radius 1 is 1.47 bits per heavy atom. The lowest BCUT2D eigenvalue weighted by atomic mass is 10.3. The first-order valence-corrected chi connectivity index (χ1v) is 5.76. The predicted octanol–water partition coefficient (Wildman–Crippen LogP) is 0.977. The molecular formula is C9H18N4OS. The number of anilines is 1. The van der Waals surface area contributed by atoms with E-state index in [2.05, 4.69) is 28.9 Å². The molecule has 0 fully saturated rings. The Balaban J connectivity index is 2.50. The molecule has 0 spiro atoms. The summed E-state index contributed by atoms with van der Waals surface area (Å²) < 4.78 is 5.07. The number of hydrogen-bond donors (Lipinski definition) is 1. The lowest BCUT2D eigenvalue weighted by Gasteiger charge is -2.24. The number of rotatable bonds is 6. The van der Waals surface area contributed by atoms with Gasteiger partial charge in [0.15, 0.2) is 0 Å². The van der Waals surface area contributed by atoms with Crippen LogP contribution in [0.5, 0.6) is 0 Å². The monoisotopic (exact) mass is 230 g/mol. The first-order chi connectivity index (χ1) is 7.13. The van der Waals surface area contributed by atoms with Gasteiger partial charge in [0.25, 0.3) is 0 Å². The van der Waals surface area contributed by atoms with Crippen LogP contribution < -0.4 is 5.73 Å². The molecule has 5 nitrogen and oxygen atoms in total. The van der Waals surface area contributed by atoms with Gasteiger partial charge in [-0.05, 0) is 13.8 Å². The summed E-state index contributed by atoms with van der Waals surface area (Å²) in [6, 6.07) is 0.463. The van der Waals surface area contributed by atoms with E-state index in [1.54, 1.807) is 7.11 Å². The Kier molecular flexibility index (Phi) is 4.93. The van der Waals surface area contributed by atoms with Crippen molar-refractivity contribution >= 4 is 16.5 Å². The van der Waals surface area contributed by atoms with Crippen LogP contribution in [0.25, 0.3) is 0 Å². The first kappa shape index (κ1) is 12.4. The molecule has 1 heterocycles. The van der Waals surface area contributed by atoms with Crippen molar-refractivity contribution in [2.45, 2.75) is 26.4 Å². The molecule has 1 aromatic rings. The highest BCUT2D eigenvalue weighted by Gasteiger charge is 2.12. The topological polar surface area (TPSA) is 64.3 Å². The van der Waals surface area contributed by atoms with Crippen molar-refractivity contribution in [3.8, 4) is 0 Å². The smallest absolute Gasteiger partial charge is 0.203 e. The highest BCUT2D eigenvalue weighted by atomic mass is 32.1. The molecule has 0 atom stereocenters. The standard InChI is InChI=1S/C9H18N4OS/c1-7(2)13(4-5-14-3)6-8-11-12-9(10)15-8/h7H,4-6H2,1-3H3,(H2,10,12). The van der Waals surface area contributed by atoms with E-state index < -0.39 is 0 Å². The summed E-state index contributed by atoms with van der Waals surface area (Å²) in [6.45, 7) is 6.72. The predicted molar refractivity (Wildman–Crippen MR) is 61.7 cm³/mol. The summed E-state index contributed by atoms with van der Waals surface area (Å²) in [5, 5.41) is 9.29. The molecule has 0 amide bonds. The van der Waals surface area contributed by atoms with Crippen molar-refractivity contribution in [3.63, 3.8) is 0 Å². The zero-order valence-electron chi connectivity index (χ0n) is 9.43. The van der Waals surface area contributed by atoms with Crippen LogP contribution in [0.4, 0.5) is 5.13 Å². The molecule has 0 radical (unpaired) electrons. The quantitative estimate of drug-likeness (QED) is 0.789. The Morgan fingerprint density at radius 3 is 2.67 bits per heavy atom. The van der Waals surface area contributed by atoms with Crippen LogP contribution in [-0.2, 0) is 11.3 Å². The summed E-state index contributed by atoms with van der Waals surface area (Å²) in [5.74, 6) is 0. The third-order valence-electron chi connectivity index (χ3n) is 2.13. The van der Waals surface area contributed by atoms with Gasteiger partial charge >= 0.3 is 0 Å². The summed E-state index contributed by atoms with van der Waals surface area (Å²) in [7, 11) is 1.71. The number of nitrogens with two attached hydrogens (primary N) is 1. The van der Waals surface area contributed by atoms with Crippen LogP contribution in [-0.4, -0.2) is 41.4 Å². The van der Waals surface area contributed by atoms with E-state index in [1.807, 2.05) is 0 Å². The average Bonchev–Trinajstić information content (AvgIpc) is 2.58. The summed E-state index contributed by atoms with van der Waals surface area (Å²) in [4.78, 5) is 2.28. The van der Waals surface area contributed by atoms with Gasteiger partial charge in [0.1, 0.15) is 5.01 Å². The fourth-order valence-electron chi connectivity index (χ4n) is 1.23. The minimum atomic E-state index is 0.463. The summed E-state index contributed by atoms with van der Waals surface area (Å²) in [5.41, 5.74) is 5.53. The molecule has 1 aromatic heterocycles. The lowest BCUT2D eigenvalue weighted by molar-refractivity contribution is 0.124. The molecule has 2 N–H and O–H groups in total. The minimum Gasteiger partial charge on any atom is -0.383 e. The van der Waals surface area contributed by atoms with E-state index in [9.17, 15) is 0 Å². The molecule has 15 heavy (non-hydrogen) atoms. The molecule has 0 saturated carbocycles. The maximum absolute atomic E-state index is 5.53. The van der Waals surface area contributed by atoms with Crippen molar-refractivity contribution in [3.05, 3.63) is 5.01 Å². The maximum Gasteiger partial charge on any atom is 0.203 e. The van der Waals surface area contributed by atoms with E-state index in [4.69, 9.17) is 10.5 Å². The van der Waals surface area contributed by atoms with E-state index in [1.165, 1.54) is 11.3 Å². The molecule has 0 unspecified atom stereocenters. The van der Waals surface area contributed by atoms with Crippen molar-refractivity contribution in [2.24, 2.45) is 0 Å². The molecule has 1 rings (SSSR count). The summed E-state index contributed by atoms with van der Waals surface area (Å²) >= 11 is 1.44. The van der Waals surface area contributed by atoms with Gasteiger partial charge in [0, 0.05) is 19.7 Å². The maximum atomic E-state index is 5.53. The number of nitrogens with zero attached hydrogens (tertiary/aromatic N) is 3.